The number of pyridine rings is 1. The van der Waals surface area contributed by atoms with E-state index in [-0.39, 0.29) is 5.91 Å². The molecule has 112 valence electrons. The molecular formula is C16H16N4O2. The lowest BCUT2D eigenvalue weighted by atomic mass is 10.1. The number of carbonyl (C=O) groups is 1. The standard InChI is InChI=1S/C16H16N4O2/c1-9-6-14(12-4-5-17-20-12)19-13-8-16(22-3)15(7-11(9)13)18-10(2)21/h4-8H,1-3H3,(H,17,20)(H,18,21). The van der Waals surface area contributed by atoms with E-state index in [1.165, 1.54) is 6.92 Å². The highest BCUT2D eigenvalue weighted by molar-refractivity contribution is 5.96. The van der Waals surface area contributed by atoms with Crippen molar-refractivity contribution >= 4 is 22.5 Å². The van der Waals surface area contributed by atoms with E-state index in [2.05, 4.69) is 20.5 Å². The quantitative estimate of drug-likeness (QED) is 0.778. The van der Waals surface area contributed by atoms with Gasteiger partial charge in [-0.1, -0.05) is 0 Å². The molecule has 6 heteroatoms. The van der Waals surface area contributed by atoms with E-state index in [4.69, 9.17) is 4.74 Å². The molecule has 2 heterocycles. The van der Waals surface area contributed by atoms with E-state index < -0.39 is 0 Å². The van der Waals surface area contributed by atoms with Gasteiger partial charge < -0.3 is 10.1 Å². The summed E-state index contributed by atoms with van der Waals surface area (Å²) in [5, 5.41) is 10.6. The Hall–Kier alpha value is -2.89. The molecule has 0 saturated carbocycles. The van der Waals surface area contributed by atoms with E-state index in [1.54, 1.807) is 13.3 Å². The fraction of sp³-hybridized carbons (Fsp3) is 0.188. The van der Waals surface area contributed by atoms with Gasteiger partial charge in [-0.25, -0.2) is 4.98 Å². The number of nitrogens with one attached hydrogen (secondary N) is 2. The van der Waals surface area contributed by atoms with Gasteiger partial charge in [0.15, 0.2) is 0 Å². The average molecular weight is 296 g/mol. The predicted molar refractivity (Wildman–Crippen MR) is 84.9 cm³/mol. The van der Waals surface area contributed by atoms with Crippen LogP contribution in [-0.4, -0.2) is 28.2 Å². The lowest BCUT2D eigenvalue weighted by Gasteiger charge is -2.12. The number of ether oxygens (including phenoxy) is 1. The zero-order valence-corrected chi connectivity index (χ0v) is 12.6. The monoisotopic (exact) mass is 296 g/mol. The van der Waals surface area contributed by atoms with Gasteiger partial charge in [0.05, 0.1) is 29.7 Å². The summed E-state index contributed by atoms with van der Waals surface area (Å²) in [6.45, 7) is 3.48. The van der Waals surface area contributed by atoms with Crippen molar-refractivity contribution in [3.63, 3.8) is 0 Å². The number of amides is 1. The van der Waals surface area contributed by atoms with Crippen molar-refractivity contribution < 1.29 is 9.53 Å². The van der Waals surface area contributed by atoms with Gasteiger partial charge >= 0.3 is 0 Å². The van der Waals surface area contributed by atoms with Crippen molar-refractivity contribution in [3.05, 3.63) is 36.0 Å². The first kappa shape index (κ1) is 14.1. The third kappa shape index (κ3) is 2.50. The molecule has 1 amide bonds. The molecule has 6 nitrogen and oxygen atoms in total. The molecule has 22 heavy (non-hydrogen) atoms. The molecule has 3 rings (SSSR count). The minimum Gasteiger partial charge on any atom is -0.494 e. The van der Waals surface area contributed by atoms with Crippen molar-refractivity contribution in [1.29, 1.82) is 0 Å². The molecule has 2 aromatic heterocycles. The molecule has 3 aromatic rings. The number of anilines is 1. The van der Waals surface area contributed by atoms with Crippen molar-refractivity contribution in [2.45, 2.75) is 13.8 Å². The number of hydrogen-bond acceptors (Lipinski definition) is 4. The molecule has 0 aliphatic carbocycles. The Morgan fingerprint density at radius 2 is 2.14 bits per heavy atom. The zero-order chi connectivity index (χ0) is 15.7. The number of methoxy groups -OCH3 is 1. The van der Waals surface area contributed by atoms with Gasteiger partial charge in [0.2, 0.25) is 5.91 Å². The van der Waals surface area contributed by atoms with Crippen LogP contribution in [0.25, 0.3) is 22.3 Å². The molecule has 0 unspecified atom stereocenters. The van der Waals surface area contributed by atoms with E-state index >= 15 is 0 Å². The SMILES string of the molecule is COc1cc2nc(-c3ccn[nH]3)cc(C)c2cc1NC(C)=O. The largest absolute Gasteiger partial charge is 0.494 e. The second kappa shape index (κ2) is 5.48. The molecule has 0 atom stereocenters. The highest BCUT2D eigenvalue weighted by atomic mass is 16.5. The second-order valence-corrected chi connectivity index (χ2v) is 5.05. The van der Waals surface area contributed by atoms with Gasteiger partial charge in [-0.2, -0.15) is 5.10 Å². The van der Waals surface area contributed by atoms with E-state index in [1.807, 2.05) is 31.2 Å². The van der Waals surface area contributed by atoms with Crippen LogP contribution in [0.2, 0.25) is 0 Å². The molecule has 0 aliphatic heterocycles. The average Bonchev–Trinajstić information content (AvgIpc) is 3.00. The molecule has 0 aliphatic rings. The van der Waals surface area contributed by atoms with E-state index in [9.17, 15) is 4.79 Å². The molecule has 0 fully saturated rings. The molecule has 0 spiro atoms. The Balaban J connectivity index is 2.20. The van der Waals surface area contributed by atoms with E-state index in [0.717, 1.165) is 27.9 Å². The number of hydrogen-bond donors (Lipinski definition) is 2. The first-order chi connectivity index (χ1) is 10.6. The van der Waals surface area contributed by atoms with Gasteiger partial charge in [-0.15, -0.1) is 0 Å². The van der Waals surface area contributed by atoms with Gasteiger partial charge in [0.25, 0.3) is 0 Å². The van der Waals surface area contributed by atoms with Crippen LogP contribution in [0.1, 0.15) is 12.5 Å². The fourth-order valence-corrected chi connectivity index (χ4v) is 2.42. The molecule has 0 radical (unpaired) electrons. The minimum absolute atomic E-state index is 0.141. The number of aromatic amines is 1. The first-order valence-electron chi connectivity index (χ1n) is 6.85. The summed E-state index contributed by atoms with van der Waals surface area (Å²) in [7, 11) is 1.57. The molecular weight excluding hydrogens is 280 g/mol. The van der Waals surface area contributed by atoms with Crippen LogP contribution in [0.15, 0.2) is 30.5 Å². The van der Waals surface area contributed by atoms with Crippen molar-refractivity contribution in [3.8, 4) is 17.1 Å². The lowest BCUT2D eigenvalue weighted by molar-refractivity contribution is -0.114. The smallest absolute Gasteiger partial charge is 0.221 e. The number of rotatable bonds is 3. The summed E-state index contributed by atoms with van der Waals surface area (Å²) in [4.78, 5) is 16.0. The van der Waals surface area contributed by atoms with Gasteiger partial charge in [0.1, 0.15) is 5.75 Å². The van der Waals surface area contributed by atoms with Crippen molar-refractivity contribution in [1.82, 2.24) is 15.2 Å². The Labute approximate surface area is 127 Å². The van der Waals surface area contributed by atoms with Gasteiger partial charge in [-0.05, 0) is 30.7 Å². The Bertz CT molecular complexity index is 841. The third-order valence-electron chi connectivity index (χ3n) is 3.42. The summed E-state index contributed by atoms with van der Waals surface area (Å²) in [5.41, 5.74) is 4.17. The maximum absolute atomic E-state index is 11.3. The maximum Gasteiger partial charge on any atom is 0.221 e. The Kier molecular flexibility index (Phi) is 3.50. The predicted octanol–water partition coefficient (Wildman–Crippen LogP) is 2.90. The lowest BCUT2D eigenvalue weighted by Crippen LogP contribution is -2.07. The number of aromatic nitrogens is 3. The fourth-order valence-electron chi connectivity index (χ4n) is 2.42. The summed E-state index contributed by atoms with van der Waals surface area (Å²) >= 11 is 0. The highest BCUT2D eigenvalue weighted by Crippen LogP contribution is 2.32. The van der Waals surface area contributed by atoms with Crippen LogP contribution in [-0.2, 0) is 4.79 Å². The van der Waals surface area contributed by atoms with Crippen LogP contribution in [0.3, 0.4) is 0 Å². The Morgan fingerprint density at radius 3 is 2.77 bits per heavy atom. The molecule has 1 aromatic carbocycles. The molecule has 0 bridgehead atoms. The number of nitrogens with zero attached hydrogens (tertiary/aromatic N) is 2. The summed E-state index contributed by atoms with van der Waals surface area (Å²) in [6.07, 6.45) is 1.69. The van der Waals surface area contributed by atoms with Crippen LogP contribution in [0, 0.1) is 6.92 Å². The summed E-state index contributed by atoms with van der Waals surface area (Å²) in [5.74, 6) is 0.439. The first-order valence-corrected chi connectivity index (χ1v) is 6.85. The number of benzene rings is 1. The third-order valence-corrected chi connectivity index (χ3v) is 3.42. The van der Waals surface area contributed by atoms with Crippen molar-refractivity contribution in [2.75, 3.05) is 12.4 Å². The number of fused-ring (bicyclic) bond motifs is 1. The summed E-state index contributed by atoms with van der Waals surface area (Å²) < 4.78 is 5.35. The van der Waals surface area contributed by atoms with Crippen LogP contribution < -0.4 is 10.1 Å². The molecule has 2 N–H and O–H groups in total. The second-order valence-electron chi connectivity index (χ2n) is 5.05. The van der Waals surface area contributed by atoms with Crippen LogP contribution >= 0.6 is 0 Å². The van der Waals surface area contributed by atoms with Crippen LogP contribution in [0.5, 0.6) is 5.75 Å². The van der Waals surface area contributed by atoms with Crippen molar-refractivity contribution in [2.24, 2.45) is 0 Å². The zero-order valence-electron chi connectivity index (χ0n) is 12.6. The summed E-state index contributed by atoms with van der Waals surface area (Å²) in [6, 6.07) is 7.57. The minimum atomic E-state index is -0.141. The molecule has 0 saturated heterocycles. The number of carbonyl (C=O) groups excluding carboxylic acids is 1. The number of aryl methyl sites for hydroxylation is 1. The Morgan fingerprint density at radius 1 is 1.32 bits per heavy atom. The normalized spacial score (nSPS) is 10.7. The van der Waals surface area contributed by atoms with Gasteiger partial charge in [0, 0.05) is 24.6 Å². The maximum atomic E-state index is 11.3. The topological polar surface area (TPSA) is 79.9 Å². The van der Waals surface area contributed by atoms with Crippen LogP contribution in [0.4, 0.5) is 5.69 Å². The van der Waals surface area contributed by atoms with E-state index in [0.29, 0.717) is 11.4 Å². The highest BCUT2D eigenvalue weighted by Gasteiger charge is 2.11. The number of H-pyrrole nitrogens is 1. The van der Waals surface area contributed by atoms with Gasteiger partial charge in [-0.3, -0.25) is 9.89 Å².